The van der Waals surface area contributed by atoms with E-state index in [1.165, 1.54) is 19.2 Å². The molecule has 0 heterocycles. The molecule has 0 spiro atoms. The number of anilines is 1. The van der Waals surface area contributed by atoms with Gasteiger partial charge in [-0.25, -0.2) is 9.18 Å². The van der Waals surface area contributed by atoms with Crippen LogP contribution in [-0.4, -0.2) is 37.5 Å². The van der Waals surface area contributed by atoms with Gasteiger partial charge in [-0.15, -0.1) is 0 Å². The van der Waals surface area contributed by atoms with Crippen LogP contribution in [0.1, 0.15) is 0 Å². The van der Waals surface area contributed by atoms with Crippen molar-refractivity contribution in [2.24, 2.45) is 0 Å². The molecule has 0 aliphatic heterocycles. The Labute approximate surface area is 109 Å². The minimum atomic E-state index is -0.815. The van der Waals surface area contributed by atoms with Crippen LogP contribution in [0.15, 0.2) is 18.2 Å². The van der Waals surface area contributed by atoms with E-state index < -0.39 is 18.0 Å². The largest absolute Gasteiger partial charge is 0.389 e. The third-order valence-corrected chi connectivity index (χ3v) is 2.27. The van der Waals surface area contributed by atoms with E-state index in [2.05, 4.69) is 15.4 Å². The predicted molar refractivity (Wildman–Crippen MR) is 66.3 cm³/mol. The number of rotatable bonds is 5. The molecule has 1 rings (SSSR count). The summed E-state index contributed by atoms with van der Waals surface area (Å²) in [5, 5.41) is 14.3. The number of carbonyl (C=O) groups is 1. The fourth-order valence-electron chi connectivity index (χ4n) is 1.22. The number of urea groups is 1. The molecule has 0 radical (unpaired) electrons. The Hall–Kier alpha value is -1.37. The van der Waals surface area contributed by atoms with Crippen molar-refractivity contribution in [3.8, 4) is 0 Å². The summed E-state index contributed by atoms with van der Waals surface area (Å²) in [5.41, 5.74) is -0.0266. The third kappa shape index (κ3) is 4.87. The average molecular weight is 277 g/mol. The molecule has 1 aromatic rings. The van der Waals surface area contributed by atoms with Crippen molar-refractivity contribution in [3.63, 3.8) is 0 Å². The highest BCUT2D eigenvalue weighted by Gasteiger charge is 2.09. The molecule has 1 aromatic carbocycles. The van der Waals surface area contributed by atoms with Gasteiger partial charge in [0.2, 0.25) is 0 Å². The minimum Gasteiger partial charge on any atom is -0.389 e. The fourth-order valence-corrected chi connectivity index (χ4v) is 1.39. The molecule has 0 saturated heterocycles. The number of carbonyl (C=O) groups excluding carboxylic acids is 1. The first kappa shape index (κ1) is 14.7. The smallest absolute Gasteiger partial charge is 0.319 e. The topological polar surface area (TPSA) is 70.6 Å². The molecule has 0 aliphatic carbocycles. The lowest BCUT2D eigenvalue weighted by molar-refractivity contribution is 0.0663. The van der Waals surface area contributed by atoms with Crippen LogP contribution in [0.4, 0.5) is 14.9 Å². The number of hydrogen-bond donors (Lipinski definition) is 3. The first-order valence-corrected chi connectivity index (χ1v) is 5.57. The standard InChI is InChI=1S/C11H14ClFN2O3/c1-18-6-8(16)5-14-11(17)15-10-4-7(12)2-3-9(10)13/h2-4,8,16H,5-6H2,1H3,(H2,14,15,17). The Kier molecular flexibility index (Phi) is 5.84. The lowest BCUT2D eigenvalue weighted by Crippen LogP contribution is -2.37. The summed E-state index contributed by atoms with van der Waals surface area (Å²) >= 11 is 5.67. The first-order valence-electron chi connectivity index (χ1n) is 5.20. The van der Waals surface area contributed by atoms with Crippen molar-refractivity contribution in [3.05, 3.63) is 29.0 Å². The van der Waals surface area contributed by atoms with Crippen LogP contribution in [0.2, 0.25) is 5.02 Å². The summed E-state index contributed by atoms with van der Waals surface area (Å²) in [6, 6.07) is 3.19. The number of benzene rings is 1. The molecular weight excluding hydrogens is 263 g/mol. The average Bonchev–Trinajstić information content (AvgIpc) is 2.32. The Morgan fingerprint density at radius 2 is 2.33 bits per heavy atom. The number of aliphatic hydroxyl groups excluding tert-OH is 1. The van der Waals surface area contributed by atoms with Gasteiger partial charge < -0.3 is 20.5 Å². The Morgan fingerprint density at radius 3 is 3.00 bits per heavy atom. The highest BCUT2D eigenvalue weighted by molar-refractivity contribution is 6.30. The number of aliphatic hydroxyl groups is 1. The molecule has 1 atom stereocenters. The van der Waals surface area contributed by atoms with Crippen LogP contribution in [0.25, 0.3) is 0 Å². The second-order valence-electron chi connectivity index (χ2n) is 3.57. The van der Waals surface area contributed by atoms with Crippen molar-refractivity contribution in [1.29, 1.82) is 0 Å². The monoisotopic (exact) mass is 276 g/mol. The summed E-state index contributed by atoms with van der Waals surface area (Å²) < 4.78 is 18.0. The Bertz CT molecular complexity index is 417. The molecule has 0 aliphatic rings. The zero-order chi connectivity index (χ0) is 13.5. The van der Waals surface area contributed by atoms with E-state index in [-0.39, 0.29) is 18.8 Å². The van der Waals surface area contributed by atoms with Crippen LogP contribution in [0.3, 0.4) is 0 Å². The van der Waals surface area contributed by atoms with Crippen LogP contribution < -0.4 is 10.6 Å². The zero-order valence-corrected chi connectivity index (χ0v) is 10.5. The number of ether oxygens (including phenoxy) is 1. The molecule has 5 nitrogen and oxygen atoms in total. The van der Waals surface area contributed by atoms with E-state index in [9.17, 15) is 14.3 Å². The van der Waals surface area contributed by atoms with Gasteiger partial charge in [-0.3, -0.25) is 0 Å². The van der Waals surface area contributed by atoms with Crippen LogP contribution in [0.5, 0.6) is 0 Å². The lowest BCUT2D eigenvalue weighted by atomic mass is 10.3. The van der Waals surface area contributed by atoms with Gasteiger partial charge in [-0.05, 0) is 18.2 Å². The molecule has 0 saturated carbocycles. The van der Waals surface area contributed by atoms with Crippen molar-refractivity contribution in [1.82, 2.24) is 5.32 Å². The van der Waals surface area contributed by atoms with Crippen molar-refractivity contribution < 1.29 is 19.0 Å². The second-order valence-corrected chi connectivity index (χ2v) is 4.00. The van der Waals surface area contributed by atoms with Gasteiger partial charge in [-0.2, -0.15) is 0 Å². The molecule has 0 aromatic heterocycles. The quantitative estimate of drug-likeness (QED) is 0.765. The van der Waals surface area contributed by atoms with Crippen LogP contribution in [0, 0.1) is 5.82 Å². The first-order chi connectivity index (χ1) is 8.52. The second kappa shape index (κ2) is 7.15. The molecule has 3 N–H and O–H groups in total. The zero-order valence-electron chi connectivity index (χ0n) is 9.74. The van der Waals surface area contributed by atoms with Gasteiger partial charge >= 0.3 is 6.03 Å². The summed E-state index contributed by atoms with van der Waals surface area (Å²) in [6.45, 7) is 0.105. The van der Waals surface area contributed by atoms with E-state index in [4.69, 9.17) is 11.6 Å². The highest BCUT2D eigenvalue weighted by Crippen LogP contribution is 2.19. The third-order valence-electron chi connectivity index (χ3n) is 2.03. The number of hydrogen-bond acceptors (Lipinski definition) is 3. The molecule has 1 unspecified atom stereocenters. The van der Waals surface area contributed by atoms with Gasteiger partial charge in [0.05, 0.1) is 18.4 Å². The molecule has 18 heavy (non-hydrogen) atoms. The number of nitrogens with one attached hydrogen (secondary N) is 2. The molecule has 7 heteroatoms. The highest BCUT2D eigenvalue weighted by atomic mass is 35.5. The molecule has 100 valence electrons. The maximum Gasteiger partial charge on any atom is 0.319 e. The molecular formula is C11H14ClFN2O3. The fraction of sp³-hybridized carbons (Fsp3) is 0.364. The lowest BCUT2D eigenvalue weighted by Gasteiger charge is -2.12. The number of halogens is 2. The normalized spacial score (nSPS) is 12.0. The van der Waals surface area contributed by atoms with E-state index in [1.807, 2.05) is 0 Å². The van der Waals surface area contributed by atoms with Crippen molar-refractivity contribution >= 4 is 23.3 Å². The predicted octanol–water partition coefficient (Wildman–Crippen LogP) is 1.61. The maximum absolute atomic E-state index is 13.3. The summed E-state index contributed by atoms with van der Waals surface area (Å²) in [7, 11) is 1.44. The molecule has 0 fully saturated rings. The number of methoxy groups -OCH3 is 1. The van der Waals surface area contributed by atoms with Crippen molar-refractivity contribution in [2.75, 3.05) is 25.6 Å². The van der Waals surface area contributed by atoms with E-state index >= 15 is 0 Å². The molecule has 2 amide bonds. The summed E-state index contributed by atoms with van der Waals surface area (Å²) in [5.74, 6) is -0.591. The Balaban J connectivity index is 2.47. The van der Waals surface area contributed by atoms with E-state index in [0.717, 1.165) is 6.07 Å². The Morgan fingerprint density at radius 1 is 1.61 bits per heavy atom. The number of amides is 2. The van der Waals surface area contributed by atoms with Gasteiger partial charge in [0.15, 0.2) is 0 Å². The van der Waals surface area contributed by atoms with Gasteiger partial charge in [0.1, 0.15) is 5.82 Å². The SMILES string of the molecule is COCC(O)CNC(=O)Nc1cc(Cl)ccc1F. The van der Waals surface area contributed by atoms with Crippen LogP contribution >= 0.6 is 11.6 Å². The van der Waals surface area contributed by atoms with E-state index in [0.29, 0.717) is 5.02 Å². The van der Waals surface area contributed by atoms with Crippen molar-refractivity contribution in [2.45, 2.75) is 6.10 Å². The van der Waals surface area contributed by atoms with Crippen LogP contribution in [-0.2, 0) is 4.74 Å². The maximum atomic E-state index is 13.3. The van der Waals surface area contributed by atoms with E-state index in [1.54, 1.807) is 0 Å². The van der Waals surface area contributed by atoms with Gasteiger partial charge in [0.25, 0.3) is 0 Å². The summed E-state index contributed by atoms with van der Waals surface area (Å²) in [4.78, 5) is 11.4. The van der Waals surface area contributed by atoms with Gasteiger partial charge in [0, 0.05) is 18.7 Å². The van der Waals surface area contributed by atoms with Gasteiger partial charge in [-0.1, -0.05) is 11.6 Å². The summed E-state index contributed by atoms with van der Waals surface area (Å²) in [6.07, 6.45) is -0.815. The minimum absolute atomic E-state index is 0.00184. The molecule has 0 bridgehead atoms.